The highest BCUT2D eigenvalue weighted by molar-refractivity contribution is 7.60. The van der Waals surface area contributed by atoms with Gasteiger partial charge in [-0.3, -0.25) is 4.52 Å². The molecule has 0 aliphatic carbocycles. The normalized spacial score (nSPS) is 15.5. The second kappa shape index (κ2) is 5.37. The number of benzene rings is 1. The summed E-state index contributed by atoms with van der Waals surface area (Å²) >= 11 is 0. The van der Waals surface area contributed by atoms with Crippen molar-refractivity contribution in [2.24, 2.45) is 0 Å². The molecule has 0 saturated carbocycles. The zero-order valence-corrected chi connectivity index (χ0v) is 10.1. The van der Waals surface area contributed by atoms with Crippen molar-refractivity contribution < 1.29 is 37.0 Å². The summed E-state index contributed by atoms with van der Waals surface area (Å²) in [5, 5.41) is 0. The summed E-state index contributed by atoms with van der Waals surface area (Å²) in [6, 6.07) is 4.77. The van der Waals surface area contributed by atoms with Gasteiger partial charge in [0.25, 0.3) is 0 Å². The molecule has 0 saturated heterocycles. The van der Waals surface area contributed by atoms with Gasteiger partial charge in [0.05, 0.1) is 6.61 Å². The van der Waals surface area contributed by atoms with Crippen molar-refractivity contribution in [1.29, 1.82) is 0 Å². The summed E-state index contributed by atoms with van der Waals surface area (Å²) in [6.07, 6.45) is 0. The molecule has 17 heavy (non-hydrogen) atoms. The Balaban J connectivity index is 2.58. The van der Waals surface area contributed by atoms with Crippen LogP contribution < -0.4 is 0 Å². The van der Waals surface area contributed by atoms with E-state index in [1.807, 2.05) is 0 Å². The van der Waals surface area contributed by atoms with Crippen LogP contribution in [0.5, 0.6) is 0 Å². The highest BCUT2D eigenvalue weighted by Crippen LogP contribution is 2.57. The third-order valence-electron chi connectivity index (χ3n) is 1.52. The van der Waals surface area contributed by atoms with Gasteiger partial charge < -0.3 is 14.7 Å². The molecule has 0 aliphatic heterocycles. The second-order valence-corrected chi connectivity index (χ2v) is 5.77. The topological polar surface area (TPSA) is 113 Å². The quantitative estimate of drug-likeness (QED) is 0.703. The summed E-state index contributed by atoms with van der Waals surface area (Å²) in [6.45, 7) is -0.450. The Morgan fingerprint density at radius 2 is 1.65 bits per heavy atom. The number of phosphoric ester groups is 1. The lowest BCUT2D eigenvalue weighted by Crippen LogP contribution is -1.95. The van der Waals surface area contributed by atoms with E-state index in [0.717, 1.165) is 12.1 Å². The van der Waals surface area contributed by atoms with Crippen LogP contribution >= 0.6 is 15.6 Å². The fraction of sp³-hybridized carbons (Fsp3) is 0.143. The van der Waals surface area contributed by atoms with Gasteiger partial charge in [-0.15, -0.1) is 0 Å². The van der Waals surface area contributed by atoms with E-state index in [-0.39, 0.29) is 0 Å². The van der Waals surface area contributed by atoms with Crippen LogP contribution in [0, 0.1) is 5.82 Å². The Bertz CT molecular complexity index is 468. The molecule has 0 heterocycles. The molecule has 7 nitrogen and oxygen atoms in total. The molecule has 1 atom stereocenters. The Morgan fingerprint density at radius 3 is 2.12 bits per heavy atom. The molecule has 0 radical (unpaired) electrons. The minimum absolute atomic E-state index is 0.343. The molecule has 0 amide bonds. The SMILES string of the molecule is O=P(O)(O)OP(=O)(O)OCc1ccc(F)cc1. The summed E-state index contributed by atoms with van der Waals surface area (Å²) in [7, 11) is -9.96. The summed E-state index contributed by atoms with van der Waals surface area (Å²) in [4.78, 5) is 25.5. The first-order valence-electron chi connectivity index (χ1n) is 4.17. The zero-order chi connectivity index (χ0) is 13.1. The number of halogens is 1. The second-order valence-electron chi connectivity index (χ2n) is 2.94. The Morgan fingerprint density at radius 1 is 1.12 bits per heavy atom. The van der Waals surface area contributed by atoms with Crippen LogP contribution in [0.3, 0.4) is 0 Å². The molecule has 0 aliphatic rings. The molecule has 3 N–H and O–H groups in total. The van der Waals surface area contributed by atoms with Gasteiger partial charge in [-0.2, -0.15) is 4.31 Å². The van der Waals surface area contributed by atoms with Crippen LogP contribution in [0.4, 0.5) is 4.39 Å². The van der Waals surface area contributed by atoms with Gasteiger partial charge in [0.15, 0.2) is 0 Å². The average Bonchev–Trinajstić information content (AvgIpc) is 2.13. The van der Waals surface area contributed by atoms with E-state index in [4.69, 9.17) is 14.7 Å². The van der Waals surface area contributed by atoms with E-state index >= 15 is 0 Å². The van der Waals surface area contributed by atoms with Gasteiger partial charge in [0, 0.05) is 0 Å². The van der Waals surface area contributed by atoms with Gasteiger partial charge in [-0.1, -0.05) is 12.1 Å². The maximum Gasteiger partial charge on any atom is 0.481 e. The van der Waals surface area contributed by atoms with E-state index in [1.54, 1.807) is 0 Å². The number of rotatable bonds is 5. The molecular weight excluding hydrogens is 277 g/mol. The summed E-state index contributed by atoms with van der Waals surface area (Å²) in [5.74, 6) is -0.493. The van der Waals surface area contributed by atoms with E-state index in [2.05, 4.69) is 8.83 Å². The van der Waals surface area contributed by atoms with Crippen LogP contribution in [-0.4, -0.2) is 14.7 Å². The molecule has 10 heteroatoms. The van der Waals surface area contributed by atoms with E-state index < -0.39 is 28.1 Å². The standard InChI is InChI=1S/C7H9FO7P2/c8-7-3-1-6(2-4-7)5-14-17(12,13)15-16(9,10)11/h1-4H,5H2,(H,12,13)(H2,9,10,11). The lowest BCUT2D eigenvalue weighted by molar-refractivity contribution is 0.172. The largest absolute Gasteiger partial charge is 0.481 e. The van der Waals surface area contributed by atoms with Crippen molar-refractivity contribution in [3.8, 4) is 0 Å². The third-order valence-corrected chi connectivity index (χ3v) is 3.65. The third kappa shape index (κ3) is 6.05. The molecule has 1 aromatic carbocycles. The van der Waals surface area contributed by atoms with Crippen molar-refractivity contribution in [1.82, 2.24) is 0 Å². The number of phosphoric acid groups is 2. The number of hydrogen-bond donors (Lipinski definition) is 3. The minimum Gasteiger partial charge on any atom is -0.302 e. The lowest BCUT2D eigenvalue weighted by Gasteiger charge is -2.12. The van der Waals surface area contributed by atoms with Crippen molar-refractivity contribution in [3.63, 3.8) is 0 Å². The molecule has 96 valence electrons. The number of hydrogen-bond acceptors (Lipinski definition) is 4. The summed E-state index contributed by atoms with van der Waals surface area (Å²) < 4.78 is 41.7. The van der Waals surface area contributed by atoms with E-state index in [9.17, 15) is 13.5 Å². The van der Waals surface area contributed by atoms with Crippen molar-refractivity contribution in [2.45, 2.75) is 6.61 Å². The first-order valence-corrected chi connectivity index (χ1v) is 7.19. The van der Waals surface area contributed by atoms with Crippen LogP contribution in [0.25, 0.3) is 0 Å². The molecule has 0 fully saturated rings. The molecule has 1 rings (SSSR count). The van der Waals surface area contributed by atoms with E-state index in [1.165, 1.54) is 12.1 Å². The Hall–Kier alpha value is -0.590. The van der Waals surface area contributed by atoms with Gasteiger partial charge in [-0.05, 0) is 17.7 Å². The fourth-order valence-electron chi connectivity index (χ4n) is 0.895. The fourth-order valence-corrected chi connectivity index (χ4v) is 2.47. The Labute approximate surface area is 95.7 Å². The molecule has 0 spiro atoms. The van der Waals surface area contributed by atoms with E-state index in [0.29, 0.717) is 5.56 Å². The van der Waals surface area contributed by atoms with Gasteiger partial charge in [-0.25, -0.2) is 13.5 Å². The lowest BCUT2D eigenvalue weighted by atomic mass is 10.2. The molecule has 0 bridgehead atoms. The zero-order valence-electron chi connectivity index (χ0n) is 8.26. The monoisotopic (exact) mass is 286 g/mol. The van der Waals surface area contributed by atoms with Crippen LogP contribution in [0.15, 0.2) is 24.3 Å². The molecular formula is C7H9FO7P2. The van der Waals surface area contributed by atoms with Crippen LogP contribution in [0.2, 0.25) is 0 Å². The highest BCUT2D eigenvalue weighted by atomic mass is 31.3. The molecule has 1 aromatic rings. The first kappa shape index (κ1) is 14.5. The first-order chi connectivity index (χ1) is 7.68. The molecule has 1 unspecified atom stereocenters. The van der Waals surface area contributed by atoms with Crippen LogP contribution in [0.1, 0.15) is 5.56 Å². The smallest absolute Gasteiger partial charge is 0.302 e. The highest BCUT2D eigenvalue weighted by Gasteiger charge is 2.32. The predicted molar refractivity (Wildman–Crippen MR) is 54.1 cm³/mol. The van der Waals surface area contributed by atoms with Crippen molar-refractivity contribution >= 4 is 15.6 Å². The predicted octanol–water partition coefficient (Wildman–Crippen LogP) is 1.55. The minimum atomic E-state index is -5.11. The van der Waals surface area contributed by atoms with Crippen molar-refractivity contribution in [3.05, 3.63) is 35.6 Å². The average molecular weight is 286 g/mol. The van der Waals surface area contributed by atoms with Gasteiger partial charge >= 0.3 is 15.6 Å². The molecule has 0 aromatic heterocycles. The summed E-state index contributed by atoms with van der Waals surface area (Å²) in [5.41, 5.74) is 0.343. The Kier molecular flexibility index (Phi) is 4.57. The maximum absolute atomic E-state index is 12.5. The van der Waals surface area contributed by atoms with Crippen molar-refractivity contribution in [2.75, 3.05) is 0 Å². The van der Waals surface area contributed by atoms with Crippen LogP contribution in [-0.2, 0) is 24.6 Å². The van der Waals surface area contributed by atoms with Gasteiger partial charge in [0.1, 0.15) is 5.82 Å². The van der Waals surface area contributed by atoms with Gasteiger partial charge in [0.2, 0.25) is 0 Å². The maximum atomic E-state index is 12.5.